The number of para-hydroxylation sites is 1. The van der Waals surface area contributed by atoms with Crippen LogP contribution in [0.25, 0.3) is 5.69 Å². The SMILES string of the molecule is CCN1CCN(c2c(CN(CCCOC)C(=O)c3cc(C(F)(F)F)cc(C(F)(F)F)c3)c(C)nn2-c2ccccc2)CC1. The average molecular weight is 612 g/mol. The summed E-state index contributed by atoms with van der Waals surface area (Å²) in [5.74, 6) is -0.203. The Kier molecular flexibility index (Phi) is 10.1. The largest absolute Gasteiger partial charge is 0.416 e. The summed E-state index contributed by atoms with van der Waals surface area (Å²) in [7, 11) is 1.47. The van der Waals surface area contributed by atoms with Crippen LogP contribution in [0.15, 0.2) is 48.5 Å². The standard InChI is InChI=1S/C30H35F6N5O2/c1-4-38-12-14-39(15-13-38)27-26(21(2)37-41(27)25-9-6-5-7-10-25)20-40(11-8-16-43-3)28(42)22-17-23(29(31,32)33)19-24(18-22)30(34,35)36/h5-7,9-10,17-19H,4,8,11-16,20H2,1-3H3. The number of carbonyl (C=O) groups is 1. The molecule has 0 atom stereocenters. The number of benzene rings is 2. The molecule has 7 nitrogen and oxygen atoms in total. The molecule has 234 valence electrons. The molecule has 4 rings (SSSR count). The first-order valence-electron chi connectivity index (χ1n) is 14.0. The highest BCUT2D eigenvalue weighted by atomic mass is 19.4. The van der Waals surface area contributed by atoms with Gasteiger partial charge in [-0.05, 0) is 50.2 Å². The highest BCUT2D eigenvalue weighted by molar-refractivity contribution is 5.94. The normalized spacial score (nSPS) is 14.8. The molecule has 0 radical (unpaired) electrons. The van der Waals surface area contributed by atoms with E-state index < -0.39 is 35.0 Å². The number of ether oxygens (including phenoxy) is 1. The van der Waals surface area contributed by atoms with Gasteiger partial charge in [0.2, 0.25) is 0 Å². The van der Waals surface area contributed by atoms with Crippen molar-refractivity contribution < 1.29 is 35.9 Å². The molecular weight excluding hydrogens is 576 g/mol. The minimum absolute atomic E-state index is 0.0220. The number of methoxy groups -OCH3 is 1. The first-order valence-corrected chi connectivity index (χ1v) is 14.0. The molecule has 1 aliphatic rings. The zero-order valence-electron chi connectivity index (χ0n) is 24.3. The number of piperazine rings is 1. The van der Waals surface area contributed by atoms with Crippen molar-refractivity contribution in [3.05, 3.63) is 76.5 Å². The van der Waals surface area contributed by atoms with Gasteiger partial charge in [0.1, 0.15) is 5.82 Å². The number of alkyl halides is 6. The van der Waals surface area contributed by atoms with Gasteiger partial charge in [-0.1, -0.05) is 25.1 Å². The molecule has 1 aliphatic heterocycles. The third kappa shape index (κ3) is 7.69. The quantitative estimate of drug-likeness (QED) is 0.207. The average Bonchev–Trinajstić information content (AvgIpc) is 3.31. The van der Waals surface area contributed by atoms with Crippen LogP contribution < -0.4 is 4.90 Å². The molecule has 2 heterocycles. The molecule has 0 aliphatic carbocycles. The third-order valence-corrected chi connectivity index (χ3v) is 7.52. The number of anilines is 1. The Hall–Kier alpha value is -3.58. The number of halogens is 6. The predicted molar refractivity (Wildman–Crippen MR) is 150 cm³/mol. The lowest BCUT2D eigenvalue weighted by atomic mass is 10.0. The van der Waals surface area contributed by atoms with Crippen LogP contribution in [0.4, 0.5) is 32.2 Å². The zero-order chi connectivity index (χ0) is 31.4. The van der Waals surface area contributed by atoms with Gasteiger partial charge in [-0.15, -0.1) is 0 Å². The summed E-state index contributed by atoms with van der Waals surface area (Å²) >= 11 is 0. The van der Waals surface area contributed by atoms with E-state index in [9.17, 15) is 31.1 Å². The van der Waals surface area contributed by atoms with Gasteiger partial charge >= 0.3 is 12.4 Å². The van der Waals surface area contributed by atoms with E-state index in [4.69, 9.17) is 9.84 Å². The Balaban J connectivity index is 1.78. The minimum atomic E-state index is -5.07. The first kappa shape index (κ1) is 32.3. The Bertz CT molecular complexity index is 1350. The molecule has 1 aromatic heterocycles. The van der Waals surface area contributed by atoms with Gasteiger partial charge in [0.05, 0.1) is 29.1 Å². The monoisotopic (exact) mass is 611 g/mol. The molecule has 2 aromatic carbocycles. The maximum absolute atomic E-state index is 13.8. The fraction of sp³-hybridized carbons (Fsp3) is 0.467. The molecule has 3 aromatic rings. The number of carbonyl (C=O) groups excluding carboxylic acids is 1. The minimum Gasteiger partial charge on any atom is -0.385 e. The lowest BCUT2D eigenvalue weighted by Crippen LogP contribution is -2.47. The summed E-state index contributed by atoms with van der Waals surface area (Å²) < 4.78 is 88.5. The van der Waals surface area contributed by atoms with Crippen LogP contribution in [-0.2, 0) is 23.6 Å². The number of amides is 1. The topological polar surface area (TPSA) is 53.8 Å². The van der Waals surface area contributed by atoms with E-state index in [1.165, 1.54) is 12.0 Å². The van der Waals surface area contributed by atoms with Crippen molar-refractivity contribution >= 4 is 11.7 Å². The number of nitrogens with zero attached hydrogens (tertiary/aromatic N) is 5. The number of rotatable bonds is 10. The fourth-order valence-electron chi connectivity index (χ4n) is 5.19. The molecular formula is C30H35F6N5O2. The maximum atomic E-state index is 13.8. The molecule has 0 spiro atoms. The Morgan fingerprint density at radius 2 is 1.56 bits per heavy atom. The van der Waals surface area contributed by atoms with Crippen LogP contribution in [0.2, 0.25) is 0 Å². The maximum Gasteiger partial charge on any atom is 0.416 e. The second kappa shape index (κ2) is 13.4. The summed E-state index contributed by atoms with van der Waals surface area (Å²) in [5.41, 5.74) is -1.71. The molecule has 43 heavy (non-hydrogen) atoms. The summed E-state index contributed by atoms with van der Waals surface area (Å²) in [5, 5.41) is 4.77. The van der Waals surface area contributed by atoms with E-state index in [0.717, 1.165) is 31.1 Å². The molecule has 1 amide bonds. The zero-order valence-corrected chi connectivity index (χ0v) is 24.3. The fourth-order valence-corrected chi connectivity index (χ4v) is 5.19. The summed E-state index contributed by atoms with van der Waals surface area (Å²) in [6.07, 6.45) is -9.82. The van der Waals surface area contributed by atoms with E-state index in [1.54, 1.807) is 11.6 Å². The van der Waals surface area contributed by atoms with Crippen molar-refractivity contribution in [1.82, 2.24) is 19.6 Å². The van der Waals surface area contributed by atoms with Gasteiger partial charge < -0.3 is 19.4 Å². The first-order chi connectivity index (χ1) is 20.3. The van der Waals surface area contributed by atoms with Crippen LogP contribution in [0.1, 0.15) is 46.1 Å². The third-order valence-electron chi connectivity index (χ3n) is 7.52. The van der Waals surface area contributed by atoms with Crippen LogP contribution in [0.5, 0.6) is 0 Å². The van der Waals surface area contributed by atoms with Gasteiger partial charge in [-0.2, -0.15) is 31.4 Å². The molecule has 0 saturated carbocycles. The molecule has 0 bridgehead atoms. The number of aromatic nitrogens is 2. The number of hydrogen-bond acceptors (Lipinski definition) is 5. The lowest BCUT2D eigenvalue weighted by molar-refractivity contribution is -0.143. The molecule has 0 unspecified atom stereocenters. The highest BCUT2D eigenvalue weighted by Crippen LogP contribution is 2.37. The van der Waals surface area contributed by atoms with E-state index in [2.05, 4.69) is 16.7 Å². The van der Waals surface area contributed by atoms with Crippen molar-refractivity contribution in [1.29, 1.82) is 0 Å². The van der Waals surface area contributed by atoms with Gasteiger partial charge in [0, 0.05) is 57.6 Å². The van der Waals surface area contributed by atoms with Gasteiger partial charge in [0.25, 0.3) is 5.91 Å². The predicted octanol–water partition coefficient (Wildman–Crippen LogP) is 6.04. The molecule has 13 heteroatoms. The van der Waals surface area contributed by atoms with Crippen LogP contribution in [-0.4, -0.2) is 78.5 Å². The number of aryl methyl sites for hydroxylation is 1. The Morgan fingerprint density at radius 3 is 2.09 bits per heavy atom. The number of hydrogen-bond donors (Lipinski definition) is 0. The van der Waals surface area contributed by atoms with Crippen LogP contribution in [0, 0.1) is 6.92 Å². The summed E-state index contributed by atoms with van der Waals surface area (Å²) in [6, 6.07) is 10.4. The van der Waals surface area contributed by atoms with Gasteiger partial charge in [-0.3, -0.25) is 4.79 Å². The second-order valence-electron chi connectivity index (χ2n) is 10.4. The van der Waals surface area contributed by atoms with E-state index in [-0.39, 0.29) is 25.8 Å². The smallest absolute Gasteiger partial charge is 0.385 e. The van der Waals surface area contributed by atoms with Crippen molar-refractivity contribution in [3.63, 3.8) is 0 Å². The lowest BCUT2D eigenvalue weighted by Gasteiger charge is -2.36. The molecule has 1 fully saturated rings. The van der Waals surface area contributed by atoms with Gasteiger partial charge in [0.15, 0.2) is 0 Å². The van der Waals surface area contributed by atoms with Crippen molar-refractivity contribution in [2.45, 2.75) is 39.2 Å². The van der Waals surface area contributed by atoms with Crippen molar-refractivity contribution in [2.24, 2.45) is 0 Å². The van der Waals surface area contributed by atoms with E-state index in [1.807, 2.05) is 30.3 Å². The summed E-state index contributed by atoms with van der Waals surface area (Å²) in [4.78, 5) is 19.5. The van der Waals surface area contributed by atoms with Gasteiger partial charge in [-0.25, -0.2) is 4.68 Å². The van der Waals surface area contributed by atoms with Crippen molar-refractivity contribution in [2.75, 3.05) is 57.9 Å². The number of likely N-dealkylation sites (N-methyl/N-ethyl adjacent to an activating group) is 1. The highest BCUT2D eigenvalue weighted by Gasteiger charge is 2.38. The van der Waals surface area contributed by atoms with Crippen LogP contribution >= 0.6 is 0 Å². The van der Waals surface area contributed by atoms with E-state index in [0.29, 0.717) is 42.9 Å². The Morgan fingerprint density at radius 1 is 0.953 bits per heavy atom. The second-order valence-corrected chi connectivity index (χ2v) is 10.4. The molecule has 0 N–H and O–H groups in total. The van der Waals surface area contributed by atoms with E-state index >= 15 is 0 Å². The van der Waals surface area contributed by atoms with Crippen LogP contribution in [0.3, 0.4) is 0 Å². The Labute approximate surface area is 246 Å². The molecule has 1 saturated heterocycles. The summed E-state index contributed by atoms with van der Waals surface area (Å²) in [6.45, 7) is 7.95. The van der Waals surface area contributed by atoms with Crippen molar-refractivity contribution in [3.8, 4) is 5.69 Å².